The first-order valence-corrected chi connectivity index (χ1v) is 16.3. The summed E-state index contributed by atoms with van der Waals surface area (Å²) >= 11 is 0. The first-order chi connectivity index (χ1) is 18.6. The van der Waals surface area contributed by atoms with Crippen LogP contribution in [0.15, 0.2) is 0 Å². The maximum atomic E-state index is 13.1. The van der Waals surface area contributed by atoms with Crippen molar-refractivity contribution >= 4 is 39.3 Å². The Morgan fingerprint density at radius 3 is 0.814 bits per heavy atom. The molecule has 27 heteroatoms. The summed E-state index contributed by atoms with van der Waals surface area (Å²) in [5.41, 5.74) is -32.9. The maximum Gasteiger partial charge on any atom is 0.498 e. The number of halogens is 12. The van der Waals surface area contributed by atoms with Crippen molar-refractivity contribution < 1.29 is 102 Å². The van der Waals surface area contributed by atoms with Crippen LogP contribution in [0, 0.1) is 0 Å². The highest BCUT2D eigenvalue weighted by molar-refractivity contribution is 8.10. The molecule has 0 heterocycles. The van der Waals surface area contributed by atoms with Crippen LogP contribution in [0.1, 0.15) is 23.6 Å². The fraction of sp³-hybridized carbons (Fsp3) is 0.625. The molecule has 252 valence electrons. The van der Waals surface area contributed by atoms with Crippen molar-refractivity contribution in [3.05, 3.63) is 16.7 Å². The van der Waals surface area contributed by atoms with Gasteiger partial charge in [-0.25, -0.2) is 33.7 Å². The second-order valence-electron chi connectivity index (χ2n) is 8.07. The van der Waals surface area contributed by atoms with Crippen molar-refractivity contribution in [2.24, 2.45) is 0 Å². The van der Waals surface area contributed by atoms with E-state index >= 15 is 0 Å². The molecule has 0 atom stereocenters. The molecule has 0 saturated carbocycles. The fourth-order valence-corrected chi connectivity index (χ4v) is 10.0. The van der Waals surface area contributed by atoms with E-state index < -0.39 is 124 Å². The number of phenols is 3. The molecule has 1 rings (SSSR count). The van der Waals surface area contributed by atoms with Crippen molar-refractivity contribution in [1.29, 1.82) is 0 Å². The highest BCUT2D eigenvalue weighted by Crippen LogP contribution is 2.48. The van der Waals surface area contributed by atoms with Gasteiger partial charge in [-0.3, -0.25) is 0 Å². The minimum absolute atomic E-state index is 0.784. The van der Waals surface area contributed by atoms with Gasteiger partial charge in [-0.1, -0.05) is 6.92 Å². The van der Waals surface area contributed by atoms with Crippen LogP contribution in [0.5, 0.6) is 17.2 Å². The molecule has 0 fully saturated rings. The monoisotopic (exact) mass is 738 g/mol. The Bertz CT molecular complexity index is 1480. The number of rotatable bonds is 9. The molecule has 0 aliphatic rings. The summed E-state index contributed by atoms with van der Waals surface area (Å²) in [5, 5.41) is 30.7. The van der Waals surface area contributed by atoms with Crippen LogP contribution in [0.4, 0.5) is 52.7 Å². The Morgan fingerprint density at radius 2 is 0.651 bits per heavy atom. The summed E-state index contributed by atoms with van der Waals surface area (Å²) in [7, 11) is -30.2. The molecule has 3 N–H and O–H groups in total. The molecule has 0 aromatic heterocycles. The second-order valence-corrected chi connectivity index (χ2v) is 17.2. The van der Waals surface area contributed by atoms with Gasteiger partial charge in [-0.15, -0.1) is 0 Å². The van der Waals surface area contributed by atoms with Crippen LogP contribution in [-0.2, 0) is 58.6 Å². The van der Waals surface area contributed by atoms with Crippen molar-refractivity contribution in [3.63, 3.8) is 0 Å². The van der Waals surface area contributed by atoms with Crippen molar-refractivity contribution in [2.45, 2.75) is 57.4 Å². The molecular weight excluding hydrogens is 724 g/mol. The largest absolute Gasteiger partial charge is 0.507 e. The minimum Gasteiger partial charge on any atom is -0.507 e. The van der Waals surface area contributed by atoms with Gasteiger partial charge in [0.2, 0.25) is 0 Å². The molecule has 0 spiro atoms. The summed E-state index contributed by atoms with van der Waals surface area (Å²) in [6, 6.07) is 0. The Morgan fingerprint density at radius 1 is 0.465 bits per heavy atom. The Kier molecular flexibility index (Phi) is 10.0. The molecule has 11 nitrogen and oxygen atoms in total. The molecule has 0 unspecified atom stereocenters. The average Bonchev–Trinajstić information content (AvgIpc) is 2.75. The SMILES string of the molecule is CCc1c(O)c(CC(S(=O)(=O)C(F)(F)F)S(=O)(=O)C(F)(F)F)c(O)c(CC(S(=O)(=O)C(F)(F)F)S(=O)(=O)C(F)(F)F)c1O. The number of hydrogen-bond acceptors (Lipinski definition) is 11. The van der Waals surface area contributed by atoms with Crippen LogP contribution >= 0.6 is 0 Å². The predicted octanol–water partition coefficient (Wildman–Crippen LogP) is 2.84. The topological polar surface area (TPSA) is 197 Å². The van der Waals surface area contributed by atoms with Gasteiger partial charge >= 0.3 is 22.0 Å². The Labute approximate surface area is 232 Å². The van der Waals surface area contributed by atoms with Gasteiger partial charge in [-0.05, 0) is 6.42 Å². The normalized spacial score (nSPS) is 15.0. The highest BCUT2D eigenvalue weighted by atomic mass is 32.3. The first-order valence-electron chi connectivity index (χ1n) is 10.1. The Balaban J connectivity index is 4.32. The zero-order chi connectivity index (χ0) is 34.7. The van der Waals surface area contributed by atoms with E-state index in [1.807, 2.05) is 0 Å². The lowest BCUT2D eigenvalue weighted by atomic mass is 9.96. The molecule has 0 radical (unpaired) electrons. The summed E-state index contributed by atoms with van der Waals surface area (Å²) in [6.45, 7) is 0.784. The standard InChI is InChI=1S/C16H14F12O11S4/c1-2-5-10(29)6(3-8(40(32,33)13(17,18)19)41(34,35)14(20,21)22)12(31)7(11(5)30)4-9(42(36,37)15(23,24)25)43(38,39)16(26,27)28/h8-9,29-31H,2-4H2,1H3. The van der Waals surface area contributed by atoms with Crippen LogP contribution < -0.4 is 0 Å². The van der Waals surface area contributed by atoms with E-state index in [9.17, 15) is 102 Å². The third-order valence-corrected chi connectivity index (χ3v) is 14.5. The number of sulfone groups is 4. The fourth-order valence-electron chi connectivity index (χ4n) is 3.31. The summed E-state index contributed by atoms with van der Waals surface area (Å²) in [6.07, 6.45) is -6.65. The molecule has 1 aromatic carbocycles. The van der Waals surface area contributed by atoms with E-state index in [-0.39, 0.29) is 0 Å². The van der Waals surface area contributed by atoms with Crippen LogP contribution in [0.25, 0.3) is 0 Å². The van der Waals surface area contributed by atoms with E-state index in [0.29, 0.717) is 0 Å². The van der Waals surface area contributed by atoms with E-state index in [1.54, 1.807) is 0 Å². The first kappa shape index (κ1) is 38.6. The molecule has 0 bridgehead atoms. The molecule has 0 aliphatic heterocycles. The lowest BCUT2D eigenvalue weighted by molar-refractivity contribution is -0.0483. The van der Waals surface area contributed by atoms with Gasteiger partial charge in [0.25, 0.3) is 39.3 Å². The molecule has 1 aromatic rings. The Hall–Kier alpha value is -2.42. The smallest absolute Gasteiger partial charge is 0.498 e. The lowest BCUT2D eigenvalue weighted by Crippen LogP contribution is -2.46. The highest BCUT2D eigenvalue weighted by Gasteiger charge is 2.64. The van der Waals surface area contributed by atoms with Gasteiger partial charge in [0.05, 0.1) is 0 Å². The van der Waals surface area contributed by atoms with E-state index in [2.05, 4.69) is 0 Å². The van der Waals surface area contributed by atoms with Gasteiger partial charge < -0.3 is 15.3 Å². The predicted molar refractivity (Wildman–Crippen MR) is 116 cm³/mol. The molecule has 0 saturated heterocycles. The summed E-state index contributed by atoms with van der Waals surface area (Å²) in [5.74, 6) is -6.35. The number of hydrogen-bond donors (Lipinski definition) is 3. The minimum atomic E-state index is -7.54. The van der Waals surface area contributed by atoms with Gasteiger partial charge in [0.15, 0.2) is 9.16 Å². The number of aromatic hydroxyl groups is 3. The van der Waals surface area contributed by atoms with Crippen LogP contribution in [0.2, 0.25) is 0 Å². The van der Waals surface area contributed by atoms with E-state index in [0.717, 1.165) is 6.92 Å². The molecular formula is C16H14F12O11S4. The molecule has 0 aliphatic carbocycles. The van der Waals surface area contributed by atoms with Gasteiger partial charge in [0.1, 0.15) is 17.2 Å². The maximum absolute atomic E-state index is 13.1. The zero-order valence-electron chi connectivity index (χ0n) is 20.1. The van der Waals surface area contributed by atoms with Crippen LogP contribution in [0.3, 0.4) is 0 Å². The third-order valence-electron chi connectivity index (χ3n) is 5.49. The zero-order valence-corrected chi connectivity index (χ0v) is 23.3. The summed E-state index contributed by atoms with van der Waals surface area (Å²) in [4.78, 5) is 0. The molecule has 0 amide bonds. The number of alkyl halides is 12. The van der Waals surface area contributed by atoms with Crippen molar-refractivity contribution in [1.82, 2.24) is 0 Å². The number of phenolic OH excluding ortho intramolecular Hbond substituents is 3. The van der Waals surface area contributed by atoms with E-state index in [4.69, 9.17) is 0 Å². The van der Waals surface area contributed by atoms with Gasteiger partial charge in [-0.2, -0.15) is 52.7 Å². The van der Waals surface area contributed by atoms with Crippen molar-refractivity contribution in [2.75, 3.05) is 0 Å². The third kappa shape index (κ3) is 6.66. The van der Waals surface area contributed by atoms with Crippen LogP contribution in [-0.4, -0.2) is 80.2 Å². The average molecular weight is 739 g/mol. The van der Waals surface area contributed by atoms with E-state index in [1.165, 1.54) is 0 Å². The number of benzene rings is 1. The van der Waals surface area contributed by atoms with Crippen molar-refractivity contribution in [3.8, 4) is 17.2 Å². The van der Waals surface area contributed by atoms with Gasteiger partial charge in [0, 0.05) is 29.5 Å². The quantitative estimate of drug-likeness (QED) is 0.315. The second kappa shape index (κ2) is 11.2. The lowest BCUT2D eigenvalue weighted by Gasteiger charge is -2.25. The molecule has 43 heavy (non-hydrogen) atoms. The summed E-state index contributed by atoms with van der Waals surface area (Å²) < 4.78 is 242.